The summed E-state index contributed by atoms with van der Waals surface area (Å²) >= 11 is 6.88. The minimum absolute atomic E-state index is 0. The summed E-state index contributed by atoms with van der Waals surface area (Å²) in [5.74, 6) is 0. The molecule has 0 aromatic carbocycles. The first-order valence-electron chi connectivity index (χ1n) is 6.07. The zero-order valence-corrected chi connectivity index (χ0v) is 13.3. The van der Waals surface area contributed by atoms with Gasteiger partial charge in [-0.1, -0.05) is 11.6 Å². The van der Waals surface area contributed by atoms with Crippen molar-refractivity contribution in [2.45, 2.75) is 48.0 Å². The Balaban J connectivity index is 0.00000133. The Morgan fingerprint density at radius 3 is 2.42 bits per heavy atom. The van der Waals surface area contributed by atoms with E-state index in [-0.39, 0.29) is 18.4 Å². The molecule has 0 saturated carbocycles. The van der Waals surface area contributed by atoms with Crippen LogP contribution in [-0.4, -0.2) is 26.5 Å². The van der Waals surface area contributed by atoms with Crippen molar-refractivity contribution in [1.82, 2.24) is 10.0 Å². The Hall–Kier alpha value is 0.150. The first-order chi connectivity index (χ1) is 8.53. The molecule has 3 rings (SSSR count). The Kier molecular flexibility index (Phi) is 4.80. The van der Waals surface area contributed by atoms with Gasteiger partial charge in [0.25, 0.3) is 0 Å². The Morgan fingerprint density at radius 1 is 1.26 bits per heavy atom. The predicted octanol–water partition coefficient (Wildman–Crippen LogP) is 2.38. The quantitative estimate of drug-likeness (QED) is 0.886. The molecule has 19 heavy (non-hydrogen) atoms. The third kappa shape index (κ3) is 3.43. The number of hydrogen-bond donors (Lipinski definition) is 2. The van der Waals surface area contributed by atoms with Crippen LogP contribution in [0, 0.1) is 0 Å². The van der Waals surface area contributed by atoms with Crippen molar-refractivity contribution >= 4 is 45.4 Å². The van der Waals surface area contributed by atoms with Crippen LogP contribution in [0.15, 0.2) is 16.3 Å². The maximum atomic E-state index is 12.2. The van der Waals surface area contributed by atoms with Gasteiger partial charge < -0.3 is 5.32 Å². The number of sulfonamides is 1. The van der Waals surface area contributed by atoms with Gasteiger partial charge in [-0.3, -0.25) is 0 Å². The summed E-state index contributed by atoms with van der Waals surface area (Å²) in [5.41, 5.74) is 0. The Labute approximate surface area is 128 Å². The summed E-state index contributed by atoms with van der Waals surface area (Å²) in [4.78, 5) is 0. The molecule has 3 heterocycles. The van der Waals surface area contributed by atoms with Gasteiger partial charge in [0.15, 0.2) is 0 Å². The molecule has 0 spiro atoms. The predicted molar refractivity (Wildman–Crippen MR) is 79.9 cm³/mol. The Morgan fingerprint density at radius 2 is 1.89 bits per heavy atom. The fraction of sp³-hybridized carbons (Fsp3) is 0.636. The number of nitrogens with one attached hydrogen (secondary N) is 2. The summed E-state index contributed by atoms with van der Waals surface area (Å²) in [6.45, 7) is 0. The molecule has 2 bridgehead atoms. The fourth-order valence-electron chi connectivity index (χ4n) is 2.87. The molecule has 2 N–H and O–H groups in total. The van der Waals surface area contributed by atoms with Crippen LogP contribution in [0.5, 0.6) is 0 Å². The lowest BCUT2D eigenvalue weighted by molar-refractivity contribution is 0.345. The number of halogens is 2. The summed E-state index contributed by atoms with van der Waals surface area (Å²) in [5, 5.41) is 3.50. The minimum atomic E-state index is -3.40. The van der Waals surface area contributed by atoms with Crippen molar-refractivity contribution in [3.8, 4) is 0 Å². The van der Waals surface area contributed by atoms with Gasteiger partial charge in [-0.15, -0.1) is 23.7 Å². The zero-order valence-electron chi connectivity index (χ0n) is 10.1. The second kappa shape index (κ2) is 5.87. The molecule has 108 valence electrons. The summed E-state index contributed by atoms with van der Waals surface area (Å²) in [7, 11) is -3.40. The van der Waals surface area contributed by atoms with E-state index in [4.69, 9.17) is 11.6 Å². The van der Waals surface area contributed by atoms with E-state index in [0.29, 0.717) is 20.6 Å². The molecule has 2 aliphatic rings. The average Bonchev–Trinajstić information content (AvgIpc) is 2.85. The second-order valence-electron chi connectivity index (χ2n) is 4.99. The summed E-state index contributed by atoms with van der Waals surface area (Å²) in [6, 6.07) is 4.18. The largest absolute Gasteiger partial charge is 0.311 e. The molecule has 2 unspecified atom stereocenters. The van der Waals surface area contributed by atoms with Gasteiger partial charge in [0.05, 0.1) is 4.34 Å². The van der Waals surface area contributed by atoms with Gasteiger partial charge in [0.2, 0.25) is 10.0 Å². The number of thiophene rings is 1. The maximum Gasteiger partial charge on any atom is 0.250 e. The SMILES string of the molecule is Cl.O=S(=O)(NC1CC2CCC(C1)N2)c1ccc(Cl)s1. The molecule has 2 fully saturated rings. The van der Waals surface area contributed by atoms with Crippen LogP contribution in [0.25, 0.3) is 0 Å². The van der Waals surface area contributed by atoms with Crippen LogP contribution in [0.4, 0.5) is 0 Å². The molecule has 2 atom stereocenters. The van der Waals surface area contributed by atoms with E-state index in [1.54, 1.807) is 12.1 Å². The topological polar surface area (TPSA) is 58.2 Å². The van der Waals surface area contributed by atoms with Crippen molar-refractivity contribution in [2.24, 2.45) is 0 Å². The van der Waals surface area contributed by atoms with Crippen LogP contribution in [0.3, 0.4) is 0 Å². The number of fused-ring (bicyclic) bond motifs is 2. The van der Waals surface area contributed by atoms with Crippen LogP contribution in [0.2, 0.25) is 4.34 Å². The van der Waals surface area contributed by atoms with Gasteiger partial charge >= 0.3 is 0 Å². The second-order valence-corrected chi connectivity index (χ2v) is 8.64. The van der Waals surface area contributed by atoms with Crippen LogP contribution in [0.1, 0.15) is 25.7 Å². The van der Waals surface area contributed by atoms with E-state index in [1.807, 2.05) is 0 Å². The molecule has 4 nitrogen and oxygen atoms in total. The lowest BCUT2D eigenvalue weighted by atomic mass is 10.0. The van der Waals surface area contributed by atoms with E-state index < -0.39 is 10.0 Å². The van der Waals surface area contributed by atoms with Gasteiger partial charge in [0, 0.05) is 18.1 Å². The third-order valence-corrected chi connectivity index (χ3v) is 6.85. The van der Waals surface area contributed by atoms with Gasteiger partial charge in [-0.2, -0.15) is 0 Å². The van der Waals surface area contributed by atoms with Crippen LogP contribution < -0.4 is 10.0 Å². The molecule has 1 aromatic rings. The highest BCUT2D eigenvalue weighted by Gasteiger charge is 2.35. The fourth-order valence-corrected chi connectivity index (χ4v) is 5.63. The van der Waals surface area contributed by atoms with E-state index in [1.165, 1.54) is 0 Å². The van der Waals surface area contributed by atoms with Crippen molar-refractivity contribution in [2.75, 3.05) is 0 Å². The summed E-state index contributed by atoms with van der Waals surface area (Å²) in [6.07, 6.45) is 4.09. The maximum absolute atomic E-state index is 12.2. The molecule has 8 heteroatoms. The number of hydrogen-bond acceptors (Lipinski definition) is 4. The van der Waals surface area contributed by atoms with Crippen molar-refractivity contribution in [1.29, 1.82) is 0 Å². The highest BCUT2D eigenvalue weighted by Crippen LogP contribution is 2.29. The highest BCUT2D eigenvalue weighted by atomic mass is 35.5. The van der Waals surface area contributed by atoms with Crippen molar-refractivity contribution < 1.29 is 8.42 Å². The highest BCUT2D eigenvalue weighted by molar-refractivity contribution is 7.91. The monoisotopic (exact) mass is 342 g/mol. The normalized spacial score (nSPS) is 30.1. The van der Waals surface area contributed by atoms with Gasteiger partial charge in [0.1, 0.15) is 4.21 Å². The number of rotatable bonds is 3. The van der Waals surface area contributed by atoms with Crippen LogP contribution >= 0.6 is 35.3 Å². The Bertz CT molecular complexity index is 535. The standard InChI is InChI=1S/C11H15ClN2O2S2.ClH/c12-10-3-4-11(17-10)18(15,16)14-9-5-7-1-2-8(6-9)13-7;/h3-4,7-9,13-14H,1-2,5-6H2;1H. The molecular formula is C11H16Cl2N2O2S2. The zero-order chi connectivity index (χ0) is 12.8. The minimum Gasteiger partial charge on any atom is -0.311 e. The molecular weight excluding hydrogens is 327 g/mol. The van der Waals surface area contributed by atoms with Gasteiger partial charge in [-0.25, -0.2) is 13.1 Å². The third-order valence-electron chi connectivity index (χ3n) is 3.61. The van der Waals surface area contributed by atoms with E-state index in [0.717, 1.165) is 37.0 Å². The molecule has 0 radical (unpaired) electrons. The molecule has 0 aliphatic carbocycles. The number of piperidine rings is 1. The summed E-state index contributed by atoms with van der Waals surface area (Å²) < 4.78 is 27.9. The lowest BCUT2D eigenvalue weighted by Crippen LogP contribution is -2.47. The molecule has 1 aromatic heterocycles. The van der Waals surface area contributed by atoms with Crippen LogP contribution in [-0.2, 0) is 10.0 Å². The van der Waals surface area contributed by atoms with Gasteiger partial charge in [-0.05, 0) is 37.8 Å². The molecule has 0 amide bonds. The smallest absolute Gasteiger partial charge is 0.250 e. The average molecular weight is 343 g/mol. The van der Waals surface area contributed by atoms with Crippen molar-refractivity contribution in [3.05, 3.63) is 16.5 Å². The first-order valence-corrected chi connectivity index (χ1v) is 8.74. The lowest BCUT2D eigenvalue weighted by Gasteiger charge is -2.29. The first kappa shape index (κ1) is 15.5. The molecule has 2 saturated heterocycles. The van der Waals surface area contributed by atoms with E-state index in [2.05, 4.69) is 10.0 Å². The molecule has 2 aliphatic heterocycles. The van der Waals surface area contributed by atoms with E-state index in [9.17, 15) is 8.42 Å². The van der Waals surface area contributed by atoms with E-state index >= 15 is 0 Å². The van der Waals surface area contributed by atoms with Crippen molar-refractivity contribution in [3.63, 3.8) is 0 Å².